The first-order valence-electron chi connectivity index (χ1n) is 12.8. The molecule has 1 aliphatic rings. The molecule has 8 nitrogen and oxygen atoms in total. The van der Waals surface area contributed by atoms with E-state index in [2.05, 4.69) is 25.9 Å². The molecular formula is C29H30ClFN6O2. The number of H-pyrrole nitrogens is 1. The molecule has 1 aliphatic carbocycles. The Morgan fingerprint density at radius 3 is 2.41 bits per heavy atom. The topological polar surface area (TPSA) is 105 Å². The quantitative estimate of drug-likeness (QED) is 0.280. The monoisotopic (exact) mass is 548 g/mol. The van der Waals surface area contributed by atoms with Crippen LogP contribution in [0.2, 0.25) is 5.02 Å². The van der Waals surface area contributed by atoms with Crippen LogP contribution in [0.25, 0.3) is 22.3 Å². The van der Waals surface area contributed by atoms with E-state index in [4.69, 9.17) is 11.6 Å². The van der Waals surface area contributed by atoms with E-state index >= 15 is 0 Å². The Morgan fingerprint density at radius 1 is 1.13 bits per heavy atom. The summed E-state index contributed by atoms with van der Waals surface area (Å²) in [5.41, 5.74) is 5.89. The van der Waals surface area contributed by atoms with Gasteiger partial charge in [-0.15, -0.1) is 0 Å². The number of aryl methyl sites for hydroxylation is 3. The number of hydrogen-bond acceptors (Lipinski definition) is 4. The first-order valence-corrected chi connectivity index (χ1v) is 13.1. The summed E-state index contributed by atoms with van der Waals surface area (Å²) >= 11 is 6.52. The Balaban J connectivity index is 1.39. The summed E-state index contributed by atoms with van der Waals surface area (Å²) in [4.78, 5) is 26.1. The summed E-state index contributed by atoms with van der Waals surface area (Å²) in [5, 5.41) is 17.4. The highest BCUT2D eigenvalue weighted by Crippen LogP contribution is 2.40. The second-order valence-electron chi connectivity index (χ2n) is 10.1. The lowest BCUT2D eigenvalue weighted by Crippen LogP contribution is -2.48. The number of nitrogens with one attached hydrogen (secondary N) is 3. The summed E-state index contributed by atoms with van der Waals surface area (Å²) in [6.45, 7) is 5.84. The molecule has 2 heterocycles. The molecule has 4 aromatic rings. The number of alkyl halides is 1. The van der Waals surface area contributed by atoms with E-state index in [-0.39, 0.29) is 19.3 Å². The van der Waals surface area contributed by atoms with Crippen LogP contribution in [0.5, 0.6) is 0 Å². The first-order chi connectivity index (χ1) is 18.6. The Labute approximate surface area is 231 Å². The molecule has 2 aromatic heterocycles. The van der Waals surface area contributed by atoms with Gasteiger partial charge in [0, 0.05) is 46.7 Å². The van der Waals surface area contributed by atoms with Crippen molar-refractivity contribution in [3.63, 3.8) is 0 Å². The van der Waals surface area contributed by atoms with Crippen molar-refractivity contribution in [2.45, 2.75) is 51.7 Å². The number of rotatable bonds is 8. The molecule has 0 saturated heterocycles. The van der Waals surface area contributed by atoms with Crippen molar-refractivity contribution in [3.8, 4) is 22.3 Å². The summed E-state index contributed by atoms with van der Waals surface area (Å²) in [7, 11) is 1.86. The molecule has 1 saturated carbocycles. The molecule has 10 heteroatoms. The van der Waals surface area contributed by atoms with Crippen LogP contribution in [0.15, 0.2) is 48.7 Å². The van der Waals surface area contributed by atoms with Crippen molar-refractivity contribution >= 4 is 29.1 Å². The average Bonchev–Trinajstić information content (AvgIpc) is 3.46. The zero-order valence-electron chi connectivity index (χ0n) is 22.2. The van der Waals surface area contributed by atoms with Gasteiger partial charge in [0.15, 0.2) is 5.67 Å². The molecule has 5 rings (SSSR count). The van der Waals surface area contributed by atoms with Crippen molar-refractivity contribution < 1.29 is 14.0 Å². The molecule has 1 fully saturated rings. The van der Waals surface area contributed by atoms with E-state index < -0.39 is 23.5 Å². The molecule has 2 amide bonds. The van der Waals surface area contributed by atoms with Crippen LogP contribution in [-0.2, 0) is 23.1 Å². The van der Waals surface area contributed by atoms with E-state index in [1.54, 1.807) is 29.1 Å². The number of anilines is 1. The van der Waals surface area contributed by atoms with E-state index in [0.717, 1.165) is 39.3 Å². The van der Waals surface area contributed by atoms with Crippen LogP contribution in [0.4, 0.5) is 10.1 Å². The predicted octanol–water partition coefficient (Wildman–Crippen LogP) is 5.22. The molecule has 0 aliphatic heterocycles. The number of benzene rings is 2. The van der Waals surface area contributed by atoms with Crippen LogP contribution >= 0.6 is 11.6 Å². The van der Waals surface area contributed by atoms with Crippen LogP contribution in [0.1, 0.15) is 35.5 Å². The molecule has 0 unspecified atom stereocenters. The highest BCUT2D eigenvalue weighted by molar-refractivity contribution is 6.31. The van der Waals surface area contributed by atoms with Gasteiger partial charge in [-0.1, -0.05) is 29.8 Å². The van der Waals surface area contributed by atoms with E-state index in [9.17, 15) is 14.0 Å². The minimum Gasteiger partial charge on any atom is -0.341 e. The number of amides is 2. The van der Waals surface area contributed by atoms with Gasteiger partial charge in [0.1, 0.15) is 6.04 Å². The Bertz CT molecular complexity index is 1530. The Kier molecular flexibility index (Phi) is 7.03. The van der Waals surface area contributed by atoms with Gasteiger partial charge in [-0.05, 0) is 74.6 Å². The summed E-state index contributed by atoms with van der Waals surface area (Å²) in [6.07, 6.45) is 2.16. The van der Waals surface area contributed by atoms with Crippen molar-refractivity contribution in [2.75, 3.05) is 5.32 Å². The van der Waals surface area contributed by atoms with E-state index in [1.807, 2.05) is 52.1 Å². The minimum atomic E-state index is -1.92. The number of aromatic amines is 1. The molecule has 0 bridgehead atoms. The smallest absolute Gasteiger partial charge is 0.258 e. The van der Waals surface area contributed by atoms with Gasteiger partial charge in [0.2, 0.25) is 5.91 Å². The van der Waals surface area contributed by atoms with Gasteiger partial charge in [0.25, 0.3) is 5.91 Å². The van der Waals surface area contributed by atoms with Crippen LogP contribution in [-0.4, -0.2) is 43.5 Å². The zero-order valence-corrected chi connectivity index (χ0v) is 23.0. The number of carbonyl (C=O) groups is 2. The van der Waals surface area contributed by atoms with Crippen LogP contribution in [0, 0.1) is 20.8 Å². The molecule has 2 aromatic carbocycles. The van der Waals surface area contributed by atoms with Crippen molar-refractivity contribution in [3.05, 3.63) is 76.3 Å². The summed E-state index contributed by atoms with van der Waals surface area (Å²) < 4.78 is 16.3. The summed E-state index contributed by atoms with van der Waals surface area (Å²) in [6, 6.07) is 11.8. The molecule has 3 N–H and O–H groups in total. The standard InChI is InChI=1S/C29H30ClFN6O2/c1-16-26(17(2)36-35-16)19-5-8-22(9-6-19)33-27(38)25(34-28(39)29(31)11-12-29)14-21-13-20(7-10-24(21)30)23-15-32-37(4)18(23)3/h5-10,13,15,25H,11-12,14H2,1-4H3,(H,33,38)(H,34,39)(H,35,36)/t25-/m0/s1. The molecule has 202 valence electrons. The van der Waals surface area contributed by atoms with Crippen molar-refractivity contribution in [2.24, 2.45) is 7.05 Å². The number of nitrogens with zero attached hydrogens (tertiary/aromatic N) is 3. The largest absolute Gasteiger partial charge is 0.341 e. The van der Waals surface area contributed by atoms with Gasteiger partial charge in [-0.2, -0.15) is 10.2 Å². The highest BCUT2D eigenvalue weighted by atomic mass is 35.5. The fourth-order valence-electron chi connectivity index (χ4n) is 4.66. The molecule has 0 spiro atoms. The Morgan fingerprint density at radius 2 is 1.82 bits per heavy atom. The maximum absolute atomic E-state index is 14.6. The minimum absolute atomic E-state index is 0.0884. The second-order valence-corrected chi connectivity index (χ2v) is 10.6. The number of aromatic nitrogens is 4. The van der Waals surface area contributed by atoms with Crippen molar-refractivity contribution in [1.29, 1.82) is 0 Å². The number of carbonyl (C=O) groups excluding carboxylic acids is 2. The lowest BCUT2D eigenvalue weighted by Gasteiger charge is -2.21. The second kappa shape index (κ2) is 10.3. The zero-order chi connectivity index (χ0) is 27.9. The number of hydrogen-bond donors (Lipinski definition) is 3. The van der Waals surface area contributed by atoms with Crippen LogP contribution < -0.4 is 10.6 Å². The lowest BCUT2D eigenvalue weighted by molar-refractivity contribution is -0.131. The molecule has 1 atom stereocenters. The average molecular weight is 549 g/mol. The third-order valence-electron chi connectivity index (χ3n) is 7.30. The van der Waals surface area contributed by atoms with Gasteiger partial charge < -0.3 is 10.6 Å². The van der Waals surface area contributed by atoms with Gasteiger partial charge in [-0.3, -0.25) is 19.4 Å². The molecule has 0 radical (unpaired) electrons. The normalized spacial score (nSPS) is 14.6. The van der Waals surface area contributed by atoms with Gasteiger partial charge in [0.05, 0.1) is 11.9 Å². The van der Waals surface area contributed by atoms with Gasteiger partial charge >= 0.3 is 0 Å². The van der Waals surface area contributed by atoms with Crippen LogP contribution in [0.3, 0.4) is 0 Å². The summed E-state index contributed by atoms with van der Waals surface area (Å²) in [5.74, 6) is -1.24. The predicted molar refractivity (Wildman–Crippen MR) is 149 cm³/mol. The van der Waals surface area contributed by atoms with Gasteiger partial charge in [-0.25, -0.2) is 4.39 Å². The lowest BCUT2D eigenvalue weighted by atomic mass is 9.99. The fourth-order valence-corrected chi connectivity index (χ4v) is 4.85. The molecular weight excluding hydrogens is 519 g/mol. The maximum Gasteiger partial charge on any atom is 0.258 e. The van der Waals surface area contributed by atoms with Crippen molar-refractivity contribution in [1.82, 2.24) is 25.3 Å². The third-order valence-corrected chi connectivity index (χ3v) is 7.67. The first kappa shape index (κ1) is 26.6. The third kappa shape index (κ3) is 5.45. The van der Waals surface area contributed by atoms with E-state index in [1.165, 1.54) is 0 Å². The maximum atomic E-state index is 14.6. The molecule has 39 heavy (non-hydrogen) atoms. The highest BCUT2D eigenvalue weighted by Gasteiger charge is 2.51. The van der Waals surface area contributed by atoms with E-state index in [0.29, 0.717) is 16.3 Å². The SMILES string of the molecule is Cc1n[nH]c(C)c1-c1ccc(NC(=O)[C@H](Cc2cc(-c3cnn(C)c3C)ccc2Cl)NC(=O)C2(F)CC2)cc1. The Hall–Kier alpha value is -3.98. The number of halogens is 2. The fraction of sp³-hybridized carbons (Fsp3) is 0.310.